The van der Waals surface area contributed by atoms with Gasteiger partial charge in [-0.05, 0) is 36.1 Å². The second-order valence-corrected chi connectivity index (χ2v) is 5.48. The Morgan fingerprint density at radius 2 is 2.05 bits per heavy atom. The first-order chi connectivity index (χ1) is 9.85. The molecule has 0 aliphatic rings. The third-order valence-corrected chi connectivity index (χ3v) is 3.69. The highest BCUT2D eigenvalue weighted by Gasteiger charge is 2.25. The van der Waals surface area contributed by atoms with Gasteiger partial charge in [-0.1, -0.05) is 31.9 Å². The first-order valence-electron chi connectivity index (χ1n) is 6.84. The minimum Gasteiger partial charge on any atom is -0.508 e. The van der Waals surface area contributed by atoms with Crippen molar-refractivity contribution in [3.05, 3.63) is 28.8 Å². The van der Waals surface area contributed by atoms with E-state index in [1.165, 1.54) is 6.07 Å². The van der Waals surface area contributed by atoms with E-state index in [1.807, 2.05) is 6.92 Å². The molecule has 0 fully saturated rings. The van der Waals surface area contributed by atoms with Gasteiger partial charge in [0.2, 0.25) is 5.91 Å². The van der Waals surface area contributed by atoms with E-state index in [0.717, 1.165) is 0 Å². The van der Waals surface area contributed by atoms with Gasteiger partial charge in [-0.25, -0.2) is 4.79 Å². The Morgan fingerprint density at radius 1 is 1.38 bits per heavy atom. The Labute approximate surface area is 128 Å². The van der Waals surface area contributed by atoms with Crippen molar-refractivity contribution < 1.29 is 19.8 Å². The third-order valence-electron chi connectivity index (χ3n) is 3.46. The predicted molar refractivity (Wildman–Crippen MR) is 80.5 cm³/mol. The second kappa shape index (κ2) is 7.88. The number of carboxylic acids is 1. The largest absolute Gasteiger partial charge is 0.508 e. The van der Waals surface area contributed by atoms with Crippen LogP contribution >= 0.6 is 11.6 Å². The molecule has 0 aliphatic heterocycles. The number of hydrogen-bond donors (Lipinski definition) is 3. The number of carboxylic acid groups (broad SMARTS) is 1. The first-order valence-corrected chi connectivity index (χ1v) is 7.22. The number of carbonyl (C=O) groups excluding carboxylic acids is 1. The molecular formula is C15H20ClNO4. The molecule has 0 bridgehead atoms. The van der Waals surface area contributed by atoms with Crippen LogP contribution < -0.4 is 5.32 Å². The molecular weight excluding hydrogens is 294 g/mol. The maximum atomic E-state index is 11.9. The number of phenols is 1. The zero-order valence-electron chi connectivity index (χ0n) is 12.1. The average molecular weight is 314 g/mol. The van der Waals surface area contributed by atoms with Gasteiger partial charge in [0.05, 0.1) is 0 Å². The minimum atomic E-state index is -1.04. The van der Waals surface area contributed by atoms with E-state index in [-0.39, 0.29) is 24.0 Å². The summed E-state index contributed by atoms with van der Waals surface area (Å²) in [5.74, 6) is -1.47. The molecule has 0 saturated carbocycles. The number of phenolic OH excluding ortho intramolecular Hbond substituents is 1. The summed E-state index contributed by atoms with van der Waals surface area (Å²) >= 11 is 5.83. The molecule has 2 unspecified atom stereocenters. The van der Waals surface area contributed by atoms with E-state index in [0.29, 0.717) is 23.4 Å². The van der Waals surface area contributed by atoms with Gasteiger partial charge in [0, 0.05) is 11.4 Å². The van der Waals surface area contributed by atoms with Crippen molar-refractivity contribution in [1.29, 1.82) is 0 Å². The Morgan fingerprint density at radius 3 is 2.62 bits per heavy atom. The molecule has 1 amide bonds. The Bertz CT molecular complexity index is 518. The summed E-state index contributed by atoms with van der Waals surface area (Å²) in [7, 11) is 0. The summed E-state index contributed by atoms with van der Waals surface area (Å²) in [6.45, 7) is 3.65. The van der Waals surface area contributed by atoms with E-state index >= 15 is 0 Å². The van der Waals surface area contributed by atoms with Crippen molar-refractivity contribution >= 4 is 23.5 Å². The fourth-order valence-electron chi connectivity index (χ4n) is 1.93. The quantitative estimate of drug-likeness (QED) is 0.722. The molecule has 5 nitrogen and oxygen atoms in total. The van der Waals surface area contributed by atoms with E-state index in [9.17, 15) is 14.7 Å². The monoisotopic (exact) mass is 313 g/mol. The Kier molecular flexibility index (Phi) is 6.49. The van der Waals surface area contributed by atoms with Gasteiger partial charge < -0.3 is 15.5 Å². The van der Waals surface area contributed by atoms with Crippen LogP contribution in [0.1, 0.15) is 32.3 Å². The smallest absolute Gasteiger partial charge is 0.326 e. The predicted octanol–water partition coefficient (Wildman–Crippen LogP) is 2.59. The number of amides is 1. The zero-order chi connectivity index (χ0) is 16.0. The first kappa shape index (κ1) is 17.3. The average Bonchev–Trinajstić information content (AvgIpc) is 2.44. The molecule has 3 N–H and O–H groups in total. The number of benzene rings is 1. The Balaban J connectivity index is 2.61. The summed E-state index contributed by atoms with van der Waals surface area (Å²) in [5.41, 5.74) is 0.563. The van der Waals surface area contributed by atoms with E-state index in [1.54, 1.807) is 19.1 Å². The lowest BCUT2D eigenvalue weighted by Crippen LogP contribution is -2.45. The normalized spacial score (nSPS) is 13.5. The topological polar surface area (TPSA) is 86.6 Å². The van der Waals surface area contributed by atoms with E-state index in [2.05, 4.69) is 5.32 Å². The molecule has 0 aliphatic carbocycles. The van der Waals surface area contributed by atoms with Gasteiger partial charge in [0.1, 0.15) is 11.8 Å². The van der Waals surface area contributed by atoms with Crippen LogP contribution in [0.2, 0.25) is 5.02 Å². The van der Waals surface area contributed by atoms with Crippen LogP contribution in [0, 0.1) is 5.92 Å². The summed E-state index contributed by atoms with van der Waals surface area (Å²) in [5, 5.41) is 21.8. The van der Waals surface area contributed by atoms with Crippen LogP contribution in [0.25, 0.3) is 0 Å². The molecule has 21 heavy (non-hydrogen) atoms. The van der Waals surface area contributed by atoms with Crippen LogP contribution in [-0.2, 0) is 16.0 Å². The summed E-state index contributed by atoms with van der Waals surface area (Å²) in [6.07, 6.45) is 1.05. The van der Waals surface area contributed by atoms with Gasteiger partial charge in [-0.15, -0.1) is 0 Å². The number of aromatic hydroxyl groups is 1. The number of halogens is 1. The lowest BCUT2D eigenvalue weighted by Gasteiger charge is -2.20. The lowest BCUT2D eigenvalue weighted by atomic mass is 9.99. The molecule has 116 valence electrons. The van der Waals surface area contributed by atoms with Gasteiger partial charge in [0.25, 0.3) is 0 Å². The Hall–Kier alpha value is -1.75. The second-order valence-electron chi connectivity index (χ2n) is 5.04. The molecule has 0 radical (unpaired) electrons. The molecule has 0 aromatic heterocycles. The summed E-state index contributed by atoms with van der Waals surface area (Å²) in [6, 6.07) is 3.72. The third kappa shape index (κ3) is 5.27. The van der Waals surface area contributed by atoms with Crippen LogP contribution in [0.4, 0.5) is 0 Å². The molecule has 0 spiro atoms. The number of aliphatic carboxylic acids is 1. The van der Waals surface area contributed by atoms with Gasteiger partial charge in [0.15, 0.2) is 0 Å². The zero-order valence-corrected chi connectivity index (χ0v) is 12.9. The molecule has 1 aromatic carbocycles. The van der Waals surface area contributed by atoms with E-state index < -0.39 is 12.0 Å². The van der Waals surface area contributed by atoms with Gasteiger partial charge >= 0.3 is 5.97 Å². The fourth-order valence-corrected chi connectivity index (χ4v) is 2.13. The van der Waals surface area contributed by atoms with Gasteiger partial charge in [-0.2, -0.15) is 0 Å². The highest BCUT2D eigenvalue weighted by molar-refractivity contribution is 6.30. The number of nitrogens with one attached hydrogen (secondary N) is 1. The van der Waals surface area contributed by atoms with Crippen molar-refractivity contribution in [1.82, 2.24) is 5.32 Å². The van der Waals surface area contributed by atoms with Crippen molar-refractivity contribution in [2.45, 2.75) is 39.2 Å². The maximum absolute atomic E-state index is 11.9. The van der Waals surface area contributed by atoms with Crippen LogP contribution in [-0.4, -0.2) is 28.1 Å². The number of rotatable bonds is 7. The number of carbonyl (C=O) groups is 2. The fraction of sp³-hybridized carbons (Fsp3) is 0.467. The lowest BCUT2D eigenvalue weighted by molar-refractivity contribution is -0.143. The molecule has 6 heteroatoms. The van der Waals surface area contributed by atoms with Crippen molar-refractivity contribution in [2.75, 3.05) is 0 Å². The number of aryl methyl sites for hydroxylation is 1. The highest BCUT2D eigenvalue weighted by Crippen LogP contribution is 2.22. The SMILES string of the molecule is CCC(C)C(NC(=O)CCc1cc(Cl)ccc1O)C(=O)O. The van der Waals surface area contributed by atoms with Crippen molar-refractivity contribution in [3.63, 3.8) is 0 Å². The van der Waals surface area contributed by atoms with Gasteiger partial charge in [-0.3, -0.25) is 4.79 Å². The standard InChI is InChI=1S/C15H20ClNO4/c1-3-9(2)14(15(20)21)17-13(19)7-4-10-8-11(16)5-6-12(10)18/h5-6,8-9,14,18H,3-4,7H2,1-2H3,(H,17,19)(H,20,21). The van der Waals surface area contributed by atoms with E-state index in [4.69, 9.17) is 16.7 Å². The highest BCUT2D eigenvalue weighted by atomic mass is 35.5. The summed E-state index contributed by atoms with van der Waals surface area (Å²) < 4.78 is 0. The molecule has 1 rings (SSSR count). The molecule has 1 aromatic rings. The number of hydrogen-bond acceptors (Lipinski definition) is 3. The summed E-state index contributed by atoms with van der Waals surface area (Å²) in [4.78, 5) is 23.0. The van der Waals surface area contributed by atoms with Crippen molar-refractivity contribution in [2.24, 2.45) is 5.92 Å². The molecule has 2 atom stereocenters. The maximum Gasteiger partial charge on any atom is 0.326 e. The van der Waals surface area contributed by atoms with Crippen LogP contribution in [0.3, 0.4) is 0 Å². The van der Waals surface area contributed by atoms with Crippen LogP contribution in [0.15, 0.2) is 18.2 Å². The van der Waals surface area contributed by atoms with Crippen molar-refractivity contribution in [3.8, 4) is 5.75 Å². The molecule has 0 saturated heterocycles. The molecule has 0 heterocycles. The minimum absolute atomic E-state index is 0.0731. The van der Waals surface area contributed by atoms with Crippen LogP contribution in [0.5, 0.6) is 5.75 Å².